The molecular formula is C40H24S. The lowest BCUT2D eigenvalue weighted by molar-refractivity contribution is 1.63. The maximum Gasteiger partial charge on any atom is 0.0629 e. The smallest absolute Gasteiger partial charge is 0.0629 e. The summed E-state index contributed by atoms with van der Waals surface area (Å²) in [5, 5.41) is 10.9. The molecule has 0 nitrogen and oxygen atoms in total. The molecule has 0 radical (unpaired) electrons. The van der Waals surface area contributed by atoms with Gasteiger partial charge in [-0.15, -0.1) is 11.3 Å². The summed E-state index contributed by atoms with van der Waals surface area (Å²) in [7, 11) is 0. The topological polar surface area (TPSA) is 0 Å². The molecule has 0 aliphatic heterocycles. The molecule has 0 saturated carbocycles. The SMILES string of the molecule is [2H]c1c([2H])c(-c2cc3cc4ccccc4cc3c3ccccc23)c([2H])c([2H])c1-c1ccc2sc3c4ccccc4ccc3c2c1. The van der Waals surface area contributed by atoms with Gasteiger partial charge in [0.05, 0.1) is 5.48 Å². The second kappa shape index (κ2) is 8.76. The zero-order chi connectivity index (χ0) is 30.4. The van der Waals surface area contributed by atoms with E-state index in [4.69, 9.17) is 0 Å². The third-order valence-corrected chi connectivity index (χ3v) is 9.49. The molecule has 8 aromatic carbocycles. The highest BCUT2D eigenvalue weighted by molar-refractivity contribution is 7.26. The van der Waals surface area contributed by atoms with Crippen LogP contribution >= 0.6 is 11.3 Å². The Morgan fingerprint density at radius 2 is 1.07 bits per heavy atom. The number of rotatable bonds is 2. The Kier molecular flexibility index (Phi) is 4.09. The number of hydrogen-bond acceptors (Lipinski definition) is 1. The van der Waals surface area contributed by atoms with Gasteiger partial charge in [0.15, 0.2) is 0 Å². The van der Waals surface area contributed by atoms with Gasteiger partial charge in [-0.25, -0.2) is 0 Å². The summed E-state index contributed by atoms with van der Waals surface area (Å²) in [5.74, 6) is 0. The maximum absolute atomic E-state index is 9.24. The van der Waals surface area contributed by atoms with Crippen LogP contribution in [0, 0.1) is 0 Å². The summed E-state index contributed by atoms with van der Waals surface area (Å²) in [6, 6.07) is 41.2. The first-order chi connectivity index (χ1) is 22.0. The number of thiophene rings is 1. The normalized spacial score (nSPS) is 13.3. The Bertz CT molecular complexity index is 2680. The zero-order valence-corrected chi connectivity index (χ0v) is 22.8. The Morgan fingerprint density at radius 1 is 0.390 bits per heavy atom. The minimum atomic E-state index is -0.0300. The largest absolute Gasteiger partial charge is 0.135 e. The highest BCUT2D eigenvalue weighted by atomic mass is 32.1. The quantitative estimate of drug-likeness (QED) is 0.151. The third-order valence-electron chi connectivity index (χ3n) is 8.27. The van der Waals surface area contributed by atoms with Crippen molar-refractivity contribution in [3.05, 3.63) is 145 Å². The van der Waals surface area contributed by atoms with Crippen LogP contribution in [0.1, 0.15) is 5.48 Å². The van der Waals surface area contributed by atoms with Crippen molar-refractivity contribution in [2.24, 2.45) is 0 Å². The molecular weight excluding hydrogens is 513 g/mol. The van der Waals surface area contributed by atoms with Crippen molar-refractivity contribution in [2.75, 3.05) is 0 Å². The van der Waals surface area contributed by atoms with E-state index in [1.807, 2.05) is 60.7 Å². The predicted molar refractivity (Wildman–Crippen MR) is 180 cm³/mol. The van der Waals surface area contributed by atoms with Gasteiger partial charge in [0.1, 0.15) is 0 Å². The molecule has 9 aromatic rings. The molecule has 0 spiro atoms. The lowest BCUT2D eigenvalue weighted by atomic mass is 9.91. The fourth-order valence-electron chi connectivity index (χ4n) is 6.26. The van der Waals surface area contributed by atoms with E-state index in [1.165, 1.54) is 15.5 Å². The molecule has 9 rings (SSSR count). The Labute approximate surface area is 247 Å². The first kappa shape index (κ1) is 19.2. The summed E-state index contributed by atoms with van der Waals surface area (Å²) < 4.78 is 39.2. The molecule has 0 aliphatic rings. The highest BCUT2D eigenvalue weighted by Gasteiger charge is 2.12. The molecule has 0 unspecified atom stereocenters. The van der Waals surface area contributed by atoms with Crippen molar-refractivity contribution < 1.29 is 5.48 Å². The van der Waals surface area contributed by atoms with Gasteiger partial charge < -0.3 is 0 Å². The second-order valence-corrected chi connectivity index (χ2v) is 11.7. The molecule has 0 saturated heterocycles. The number of fused-ring (bicyclic) bond motifs is 9. The van der Waals surface area contributed by atoms with Gasteiger partial charge in [0, 0.05) is 20.2 Å². The van der Waals surface area contributed by atoms with E-state index in [2.05, 4.69) is 60.7 Å². The van der Waals surface area contributed by atoms with Gasteiger partial charge in [-0.3, -0.25) is 0 Å². The van der Waals surface area contributed by atoms with Crippen LogP contribution < -0.4 is 0 Å². The van der Waals surface area contributed by atoms with E-state index >= 15 is 0 Å². The first-order valence-corrected chi connectivity index (χ1v) is 14.6. The van der Waals surface area contributed by atoms with Crippen LogP contribution in [0.5, 0.6) is 0 Å². The van der Waals surface area contributed by atoms with E-state index in [1.54, 1.807) is 11.3 Å². The van der Waals surface area contributed by atoms with Crippen molar-refractivity contribution in [3.63, 3.8) is 0 Å². The van der Waals surface area contributed by atoms with Crippen LogP contribution in [0.2, 0.25) is 0 Å². The van der Waals surface area contributed by atoms with E-state index in [0.717, 1.165) is 47.8 Å². The van der Waals surface area contributed by atoms with Crippen LogP contribution in [0.3, 0.4) is 0 Å². The molecule has 1 aromatic heterocycles. The molecule has 0 aliphatic carbocycles. The van der Waals surface area contributed by atoms with Crippen LogP contribution in [0.15, 0.2) is 145 Å². The molecule has 1 heteroatoms. The van der Waals surface area contributed by atoms with Gasteiger partial charge in [0.25, 0.3) is 0 Å². The lowest BCUT2D eigenvalue weighted by Crippen LogP contribution is -1.86. The summed E-state index contributed by atoms with van der Waals surface area (Å²) in [5.41, 5.74) is 2.05. The number of hydrogen-bond donors (Lipinski definition) is 0. The molecule has 0 fully saturated rings. The van der Waals surface area contributed by atoms with Crippen molar-refractivity contribution in [2.45, 2.75) is 0 Å². The number of benzene rings is 8. The van der Waals surface area contributed by atoms with Crippen LogP contribution in [0.25, 0.3) is 85.5 Å². The Hall–Kier alpha value is -4.98. The van der Waals surface area contributed by atoms with Crippen LogP contribution in [0.4, 0.5) is 0 Å². The van der Waals surface area contributed by atoms with Gasteiger partial charge >= 0.3 is 0 Å². The average molecular weight is 541 g/mol. The monoisotopic (exact) mass is 540 g/mol. The first-order valence-electron chi connectivity index (χ1n) is 15.8. The Balaban J connectivity index is 1.28. The average Bonchev–Trinajstić information content (AvgIpc) is 3.45. The van der Waals surface area contributed by atoms with E-state index in [-0.39, 0.29) is 24.2 Å². The molecule has 0 atom stereocenters. The minimum absolute atomic E-state index is 0.0296. The Morgan fingerprint density at radius 3 is 1.90 bits per heavy atom. The van der Waals surface area contributed by atoms with Gasteiger partial charge in [-0.05, 0) is 95.7 Å². The molecule has 1 heterocycles. The van der Waals surface area contributed by atoms with Crippen LogP contribution in [-0.2, 0) is 0 Å². The third kappa shape index (κ3) is 3.53. The molecule has 41 heavy (non-hydrogen) atoms. The van der Waals surface area contributed by atoms with E-state index in [0.29, 0.717) is 22.3 Å². The van der Waals surface area contributed by atoms with E-state index < -0.39 is 0 Å². The van der Waals surface area contributed by atoms with Crippen LogP contribution in [-0.4, -0.2) is 0 Å². The standard InChI is InChI=1S/C40H24S/c1-2-9-29-22-37-31(21-28(29)8-1)24-36(33-11-5-6-12-34(33)37)27-15-13-25(14-16-27)30-18-20-39-38(23-30)35-19-17-26-7-3-4-10-32(26)40(35)41-39/h1-24H/i13D,14D,15D,16D. The predicted octanol–water partition coefficient (Wildman–Crippen LogP) is 12.0. The van der Waals surface area contributed by atoms with Gasteiger partial charge in [-0.2, -0.15) is 0 Å². The maximum atomic E-state index is 9.24. The summed E-state index contributed by atoms with van der Waals surface area (Å²) in [6.07, 6.45) is 0. The van der Waals surface area contributed by atoms with Gasteiger partial charge in [0.2, 0.25) is 0 Å². The second-order valence-electron chi connectivity index (χ2n) is 10.6. The summed E-state index contributed by atoms with van der Waals surface area (Å²) in [6.45, 7) is 0. The molecule has 190 valence electrons. The molecule has 0 amide bonds. The minimum Gasteiger partial charge on any atom is -0.135 e. The van der Waals surface area contributed by atoms with Crippen molar-refractivity contribution >= 4 is 74.6 Å². The fourth-order valence-corrected chi connectivity index (χ4v) is 7.47. The van der Waals surface area contributed by atoms with Gasteiger partial charge in [-0.1, -0.05) is 115 Å². The summed E-state index contributed by atoms with van der Waals surface area (Å²) >= 11 is 1.74. The van der Waals surface area contributed by atoms with Crippen molar-refractivity contribution in [1.29, 1.82) is 0 Å². The molecule has 0 N–H and O–H groups in total. The zero-order valence-electron chi connectivity index (χ0n) is 26.0. The summed E-state index contributed by atoms with van der Waals surface area (Å²) in [4.78, 5) is 0. The van der Waals surface area contributed by atoms with Crippen molar-refractivity contribution in [1.82, 2.24) is 0 Å². The lowest BCUT2D eigenvalue weighted by Gasteiger charge is -2.13. The molecule has 0 bridgehead atoms. The fraction of sp³-hybridized carbons (Fsp3) is 0. The van der Waals surface area contributed by atoms with E-state index in [9.17, 15) is 5.48 Å². The highest BCUT2D eigenvalue weighted by Crippen LogP contribution is 2.41. The van der Waals surface area contributed by atoms with Crippen molar-refractivity contribution in [3.8, 4) is 22.3 Å².